The number of para-hydroxylation sites is 2. The van der Waals surface area contributed by atoms with Crippen molar-refractivity contribution >= 4 is 27.8 Å². The summed E-state index contributed by atoms with van der Waals surface area (Å²) in [6.45, 7) is 0.907. The quantitative estimate of drug-likeness (QED) is 0.513. The standard InChI is InChI=1S/C23H26N4O3/c1-29-21-17(11-13-24)15-7-3-5-9-19(15)26(21)23(28)27-20-10-6-4-8-16(20)18(12-14-25)22(27)30-2/h3-10H,11-14,24-25H2,1-2H3. The number of rotatable bonds is 6. The third-order valence-corrected chi connectivity index (χ3v) is 5.42. The van der Waals surface area contributed by atoms with Gasteiger partial charge < -0.3 is 20.9 Å². The number of ether oxygens (including phenoxy) is 2. The van der Waals surface area contributed by atoms with E-state index in [-0.39, 0.29) is 6.03 Å². The van der Waals surface area contributed by atoms with Gasteiger partial charge in [0.15, 0.2) is 0 Å². The molecule has 0 radical (unpaired) electrons. The van der Waals surface area contributed by atoms with Crippen LogP contribution in [0, 0.1) is 0 Å². The minimum absolute atomic E-state index is 0.275. The topological polar surface area (TPSA) is 97.4 Å². The fourth-order valence-electron chi connectivity index (χ4n) is 4.25. The first-order valence-corrected chi connectivity index (χ1v) is 9.95. The van der Waals surface area contributed by atoms with Gasteiger partial charge in [0.2, 0.25) is 11.8 Å². The average molecular weight is 406 g/mol. The van der Waals surface area contributed by atoms with Crippen LogP contribution in [-0.2, 0) is 12.8 Å². The van der Waals surface area contributed by atoms with Crippen molar-refractivity contribution in [1.82, 2.24) is 9.13 Å². The number of nitrogens with zero attached hydrogens (tertiary/aromatic N) is 2. The molecule has 0 saturated carbocycles. The monoisotopic (exact) mass is 406 g/mol. The second-order valence-corrected chi connectivity index (χ2v) is 7.04. The molecular weight excluding hydrogens is 380 g/mol. The number of benzene rings is 2. The van der Waals surface area contributed by atoms with Crippen LogP contribution in [0.25, 0.3) is 21.8 Å². The molecule has 30 heavy (non-hydrogen) atoms. The molecule has 0 fully saturated rings. The van der Waals surface area contributed by atoms with Gasteiger partial charge in [0, 0.05) is 21.9 Å². The van der Waals surface area contributed by atoms with Crippen molar-refractivity contribution in [2.75, 3.05) is 27.3 Å². The maximum Gasteiger partial charge on any atom is 0.343 e. The van der Waals surface area contributed by atoms with Crippen LogP contribution < -0.4 is 20.9 Å². The Balaban J connectivity index is 2.04. The number of aromatic nitrogens is 2. The Morgan fingerprint density at radius 2 is 1.17 bits per heavy atom. The minimum atomic E-state index is -0.275. The predicted molar refractivity (Wildman–Crippen MR) is 119 cm³/mol. The van der Waals surface area contributed by atoms with Gasteiger partial charge in [0.1, 0.15) is 0 Å². The maximum absolute atomic E-state index is 14.0. The molecule has 2 aromatic heterocycles. The largest absolute Gasteiger partial charge is 0.482 e. The zero-order valence-corrected chi connectivity index (χ0v) is 17.2. The Bertz CT molecular complexity index is 1130. The molecule has 0 saturated heterocycles. The van der Waals surface area contributed by atoms with Crippen LogP contribution in [-0.4, -0.2) is 42.5 Å². The van der Waals surface area contributed by atoms with Crippen molar-refractivity contribution in [3.05, 3.63) is 59.7 Å². The molecule has 7 heteroatoms. The number of fused-ring (bicyclic) bond motifs is 2. The molecule has 7 nitrogen and oxygen atoms in total. The van der Waals surface area contributed by atoms with Crippen molar-refractivity contribution in [2.45, 2.75) is 12.8 Å². The molecule has 0 aliphatic carbocycles. The first kappa shape index (κ1) is 20.0. The Morgan fingerprint density at radius 3 is 1.53 bits per heavy atom. The number of hydrogen-bond acceptors (Lipinski definition) is 5. The zero-order valence-electron chi connectivity index (χ0n) is 17.2. The molecule has 0 unspecified atom stereocenters. The Labute approximate surface area is 174 Å². The van der Waals surface area contributed by atoms with Crippen molar-refractivity contribution in [2.24, 2.45) is 11.5 Å². The number of carbonyl (C=O) groups excluding carboxylic acids is 1. The third kappa shape index (κ3) is 2.94. The van der Waals surface area contributed by atoms with Gasteiger partial charge in [-0.1, -0.05) is 36.4 Å². The summed E-state index contributed by atoms with van der Waals surface area (Å²) in [5, 5.41) is 1.90. The summed E-state index contributed by atoms with van der Waals surface area (Å²) >= 11 is 0. The zero-order chi connectivity index (χ0) is 21.3. The van der Waals surface area contributed by atoms with E-state index in [9.17, 15) is 4.79 Å². The average Bonchev–Trinajstić information content (AvgIpc) is 3.26. The summed E-state index contributed by atoms with van der Waals surface area (Å²) in [7, 11) is 3.14. The molecule has 4 aromatic rings. The lowest BCUT2D eigenvalue weighted by Crippen LogP contribution is -2.21. The highest BCUT2D eigenvalue weighted by Crippen LogP contribution is 2.36. The summed E-state index contributed by atoms with van der Waals surface area (Å²) in [6.07, 6.45) is 1.21. The van der Waals surface area contributed by atoms with Crippen LogP contribution in [0.1, 0.15) is 11.1 Å². The molecule has 0 bridgehead atoms. The van der Waals surface area contributed by atoms with E-state index in [1.807, 2.05) is 48.5 Å². The van der Waals surface area contributed by atoms with Crippen LogP contribution in [0.15, 0.2) is 48.5 Å². The van der Waals surface area contributed by atoms with Gasteiger partial charge >= 0.3 is 6.03 Å². The Kier molecular flexibility index (Phi) is 5.48. The lowest BCUT2D eigenvalue weighted by atomic mass is 10.1. The number of methoxy groups -OCH3 is 2. The molecule has 4 N–H and O–H groups in total. The SMILES string of the molecule is COc1c(CCN)c2ccccc2n1C(=O)n1c(OC)c(CCN)c2ccccc21. The first-order chi connectivity index (χ1) is 14.7. The summed E-state index contributed by atoms with van der Waals surface area (Å²) in [5.41, 5.74) is 15.1. The van der Waals surface area contributed by atoms with E-state index in [0.717, 1.165) is 32.9 Å². The van der Waals surface area contributed by atoms with Crippen molar-refractivity contribution in [3.8, 4) is 11.8 Å². The molecular formula is C23H26N4O3. The molecule has 2 aromatic carbocycles. The normalized spacial score (nSPS) is 11.3. The second-order valence-electron chi connectivity index (χ2n) is 7.04. The fourth-order valence-corrected chi connectivity index (χ4v) is 4.25. The van der Waals surface area contributed by atoms with E-state index in [4.69, 9.17) is 20.9 Å². The first-order valence-electron chi connectivity index (χ1n) is 9.95. The maximum atomic E-state index is 14.0. The van der Waals surface area contributed by atoms with E-state index >= 15 is 0 Å². The van der Waals surface area contributed by atoms with Gasteiger partial charge in [-0.2, -0.15) is 0 Å². The van der Waals surface area contributed by atoms with Crippen LogP contribution in [0.3, 0.4) is 0 Å². The van der Waals surface area contributed by atoms with Crippen LogP contribution >= 0.6 is 0 Å². The molecule has 2 heterocycles. The number of hydrogen-bond donors (Lipinski definition) is 2. The summed E-state index contributed by atoms with van der Waals surface area (Å²) in [4.78, 5) is 14.0. The number of carbonyl (C=O) groups is 1. The van der Waals surface area contributed by atoms with Gasteiger partial charge in [0.05, 0.1) is 25.3 Å². The minimum Gasteiger partial charge on any atom is -0.482 e. The lowest BCUT2D eigenvalue weighted by Gasteiger charge is -2.13. The molecule has 156 valence electrons. The van der Waals surface area contributed by atoms with E-state index in [1.165, 1.54) is 0 Å². The lowest BCUT2D eigenvalue weighted by molar-refractivity contribution is 0.238. The van der Waals surface area contributed by atoms with Gasteiger partial charge in [-0.05, 0) is 38.1 Å². The van der Waals surface area contributed by atoms with E-state index < -0.39 is 0 Å². The van der Waals surface area contributed by atoms with Gasteiger partial charge in [0.25, 0.3) is 0 Å². The van der Waals surface area contributed by atoms with Crippen LogP contribution in [0.5, 0.6) is 11.8 Å². The van der Waals surface area contributed by atoms with Crippen molar-refractivity contribution in [1.29, 1.82) is 0 Å². The summed E-state index contributed by atoms with van der Waals surface area (Å²) in [6, 6.07) is 15.2. The van der Waals surface area contributed by atoms with Gasteiger partial charge in [-0.25, -0.2) is 13.9 Å². The highest BCUT2D eigenvalue weighted by molar-refractivity contribution is 6.03. The summed E-state index contributed by atoms with van der Waals surface area (Å²) in [5.74, 6) is 0.985. The van der Waals surface area contributed by atoms with Gasteiger partial charge in [-0.15, -0.1) is 0 Å². The third-order valence-electron chi connectivity index (χ3n) is 5.42. The van der Waals surface area contributed by atoms with Crippen molar-refractivity contribution < 1.29 is 14.3 Å². The molecule has 0 aliphatic rings. The van der Waals surface area contributed by atoms with Crippen LogP contribution in [0.4, 0.5) is 4.79 Å². The van der Waals surface area contributed by atoms with E-state index in [0.29, 0.717) is 37.7 Å². The fraction of sp³-hybridized carbons (Fsp3) is 0.261. The highest BCUT2D eigenvalue weighted by Gasteiger charge is 2.27. The van der Waals surface area contributed by atoms with Crippen molar-refractivity contribution in [3.63, 3.8) is 0 Å². The van der Waals surface area contributed by atoms with E-state index in [1.54, 1.807) is 23.4 Å². The van der Waals surface area contributed by atoms with Crippen LogP contribution in [0.2, 0.25) is 0 Å². The Hall–Kier alpha value is -3.29. The predicted octanol–water partition coefficient (Wildman–Crippen LogP) is 3.13. The smallest absolute Gasteiger partial charge is 0.343 e. The second kappa shape index (κ2) is 8.22. The molecule has 0 aliphatic heterocycles. The van der Waals surface area contributed by atoms with Gasteiger partial charge in [-0.3, -0.25) is 0 Å². The number of nitrogens with two attached hydrogens (primary N) is 2. The molecule has 0 spiro atoms. The Morgan fingerprint density at radius 1 is 0.767 bits per heavy atom. The highest BCUT2D eigenvalue weighted by atomic mass is 16.5. The summed E-state index contributed by atoms with van der Waals surface area (Å²) < 4.78 is 14.6. The van der Waals surface area contributed by atoms with E-state index in [2.05, 4.69) is 0 Å². The molecule has 4 rings (SSSR count). The molecule has 0 amide bonds. The molecule has 0 atom stereocenters.